The fourth-order valence-corrected chi connectivity index (χ4v) is 3.01. The van der Waals surface area contributed by atoms with Gasteiger partial charge in [-0.3, -0.25) is 0 Å². The Labute approximate surface area is 151 Å². The van der Waals surface area contributed by atoms with Gasteiger partial charge < -0.3 is 0 Å². The van der Waals surface area contributed by atoms with Crippen LogP contribution in [0.1, 0.15) is 96.0 Å². The van der Waals surface area contributed by atoms with Crippen LogP contribution < -0.4 is 0 Å². The quantitative estimate of drug-likeness (QED) is 0.224. The molecule has 0 N–H and O–H groups in total. The fraction of sp³-hybridized carbons (Fsp3) is 0.583. The molecular formula is C24H38. The smallest absolute Gasteiger partial charge is 0.0257 e. The van der Waals surface area contributed by atoms with E-state index in [1.165, 1.54) is 89.0 Å². The first-order valence-electron chi connectivity index (χ1n) is 10.3. The van der Waals surface area contributed by atoms with Gasteiger partial charge in [-0.25, -0.2) is 0 Å². The van der Waals surface area contributed by atoms with Gasteiger partial charge in [0.1, 0.15) is 0 Å². The highest BCUT2D eigenvalue weighted by molar-refractivity contribution is 5.50. The van der Waals surface area contributed by atoms with Crippen LogP contribution in [0.4, 0.5) is 0 Å². The maximum Gasteiger partial charge on any atom is -0.0257 e. The Morgan fingerprint density at radius 3 is 1.75 bits per heavy atom. The third-order valence-electron chi connectivity index (χ3n) is 4.56. The summed E-state index contributed by atoms with van der Waals surface area (Å²) < 4.78 is 0. The summed E-state index contributed by atoms with van der Waals surface area (Å²) in [7, 11) is 0. The summed E-state index contributed by atoms with van der Waals surface area (Å²) in [5, 5.41) is 0. The molecule has 0 heteroatoms. The van der Waals surface area contributed by atoms with Gasteiger partial charge >= 0.3 is 0 Å². The van der Waals surface area contributed by atoms with Crippen LogP contribution in [0.15, 0.2) is 48.6 Å². The van der Waals surface area contributed by atoms with Crippen LogP contribution in [0.2, 0.25) is 0 Å². The van der Waals surface area contributed by atoms with E-state index in [1.54, 1.807) is 0 Å². The zero-order chi connectivity index (χ0) is 17.1. The molecule has 0 bridgehead atoms. The van der Waals surface area contributed by atoms with Crippen molar-refractivity contribution in [1.82, 2.24) is 0 Å². The summed E-state index contributed by atoms with van der Waals surface area (Å²) in [6.45, 7) is 2.29. The molecule has 0 aliphatic rings. The Hall–Kier alpha value is -1.30. The van der Waals surface area contributed by atoms with E-state index in [1.807, 2.05) is 0 Å². The molecule has 1 aromatic carbocycles. The minimum atomic E-state index is 1.22. The molecule has 0 heterocycles. The number of benzene rings is 1. The second-order valence-corrected chi connectivity index (χ2v) is 6.88. The number of allylic oxidation sites excluding steroid dienone is 3. The lowest BCUT2D eigenvalue weighted by molar-refractivity contribution is 0.545. The highest BCUT2D eigenvalue weighted by Crippen LogP contribution is 2.12. The molecule has 134 valence electrons. The summed E-state index contributed by atoms with van der Waals surface area (Å²) in [6.07, 6.45) is 27.1. The zero-order valence-corrected chi connectivity index (χ0v) is 15.9. The molecule has 0 aliphatic carbocycles. The molecular weight excluding hydrogens is 288 g/mol. The molecule has 0 amide bonds. The number of hydrogen-bond acceptors (Lipinski definition) is 0. The summed E-state index contributed by atoms with van der Waals surface area (Å²) in [6, 6.07) is 10.5. The zero-order valence-electron chi connectivity index (χ0n) is 15.9. The minimum Gasteiger partial charge on any atom is -0.0845 e. The van der Waals surface area contributed by atoms with E-state index in [4.69, 9.17) is 0 Å². The Bertz CT molecular complexity index is 413. The minimum absolute atomic E-state index is 1.22. The van der Waals surface area contributed by atoms with E-state index in [0.29, 0.717) is 0 Å². The van der Waals surface area contributed by atoms with Gasteiger partial charge in [0.25, 0.3) is 0 Å². The summed E-state index contributed by atoms with van der Waals surface area (Å²) >= 11 is 0. The second-order valence-electron chi connectivity index (χ2n) is 6.88. The van der Waals surface area contributed by atoms with Crippen molar-refractivity contribution in [2.75, 3.05) is 0 Å². The number of rotatable bonds is 15. The van der Waals surface area contributed by atoms with Gasteiger partial charge in [0.05, 0.1) is 0 Å². The van der Waals surface area contributed by atoms with E-state index in [9.17, 15) is 0 Å². The Morgan fingerprint density at radius 1 is 0.625 bits per heavy atom. The van der Waals surface area contributed by atoms with Crippen LogP contribution in [0.5, 0.6) is 0 Å². The van der Waals surface area contributed by atoms with E-state index >= 15 is 0 Å². The molecule has 0 atom stereocenters. The lowest BCUT2D eigenvalue weighted by Gasteiger charge is -2.02. The average Bonchev–Trinajstić information content (AvgIpc) is 2.62. The van der Waals surface area contributed by atoms with Gasteiger partial charge in [0.15, 0.2) is 0 Å². The SMILES string of the molecule is CCCCCCCCCCCCCCC=CC=Cc1ccccc1. The van der Waals surface area contributed by atoms with Crippen molar-refractivity contribution in [3.05, 3.63) is 54.1 Å². The summed E-state index contributed by atoms with van der Waals surface area (Å²) in [4.78, 5) is 0. The molecule has 1 aromatic rings. The molecule has 0 aliphatic heterocycles. The molecule has 24 heavy (non-hydrogen) atoms. The lowest BCUT2D eigenvalue weighted by Crippen LogP contribution is -1.82. The first-order valence-corrected chi connectivity index (χ1v) is 10.3. The average molecular weight is 327 g/mol. The van der Waals surface area contributed by atoms with Gasteiger partial charge in [-0.15, -0.1) is 0 Å². The molecule has 0 unspecified atom stereocenters. The number of hydrogen-bond donors (Lipinski definition) is 0. The largest absolute Gasteiger partial charge is 0.0845 e. The summed E-state index contributed by atoms with van der Waals surface area (Å²) in [5.74, 6) is 0. The molecule has 0 nitrogen and oxygen atoms in total. The van der Waals surface area contributed by atoms with Crippen molar-refractivity contribution in [3.8, 4) is 0 Å². The monoisotopic (exact) mass is 326 g/mol. The van der Waals surface area contributed by atoms with Crippen molar-refractivity contribution >= 4 is 6.08 Å². The van der Waals surface area contributed by atoms with Gasteiger partial charge in [-0.1, -0.05) is 132 Å². The van der Waals surface area contributed by atoms with Crippen molar-refractivity contribution in [1.29, 1.82) is 0 Å². The van der Waals surface area contributed by atoms with Gasteiger partial charge in [-0.2, -0.15) is 0 Å². The van der Waals surface area contributed by atoms with Crippen LogP contribution in [0.25, 0.3) is 6.08 Å². The Morgan fingerprint density at radius 2 is 1.17 bits per heavy atom. The molecule has 0 radical (unpaired) electrons. The highest BCUT2D eigenvalue weighted by atomic mass is 14.0. The topological polar surface area (TPSA) is 0 Å². The fourth-order valence-electron chi connectivity index (χ4n) is 3.01. The van der Waals surface area contributed by atoms with Crippen LogP contribution in [-0.2, 0) is 0 Å². The van der Waals surface area contributed by atoms with Crippen molar-refractivity contribution in [2.45, 2.75) is 90.4 Å². The van der Waals surface area contributed by atoms with Crippen molar-refractivity contribution in [3.63, 3.8) is 0 Å². The predicted molar refractivity (Wildman–Crippen MR) is 110 cm³/mol. The second kappa shape index (κ2) is 16.6. The third-order valence-corrected chi connectivity index (χ3v) is 4.56. The predicted octanol–water partition coefficient (Wildman–Crippen LogP) is 8.35. The molecule has 1 rings (SSSR count). The van der Waals surface area contributed by atoms with E-state index in [2.05, 4.69) is 61.6 Å². The molecule has 0 fully saturated rings. The third kappa shape index (κ3) is 13.2. The molecule has 0 spiro atoms. The summed E-state index contributed by atoms with van der Waals surface area (Å²) in [5.41, 5.74) is 1.27. The van der Waals surface area contributed by atoms with Gasteiger partial charge in [0, 0.05) is 0 Å². The maximum atomic E-state index is 2.30. The van der Waals surface area contributed by atoms with Crippen LogP contribution in [-0.4, -0.2) is 0 Å². The van der Waals surface area contributed by atoms with E-state index in [0.717, 1.165) is 0 Å². The van der Waals surface area contributed by atoms with Crippen LogP contribution in [0.3, 0.4) is 0 Å². The van der Waals surface area contributed by atoms with Crippen molar-refractivity contribution in [2.24, 2.45) is 0 Å². The first kappa shape index (κ1) is 20.7. The Balaban J connectivity index is 1.82. The molecule has 0 saturated heterocycles. The number of unbranched alkanes of at least 4 members (excludes halogenated alkanes) is 12. The lowest BCUT2D eigenvalue weighted by atomic mass is 10.0. The molecule has 0 saturated carbocycles. The van der Waals surface area contributed by atoms with Gasteiger partial charge in [0.2, 0.25) is 0 Å². The first-order chi connectivity index (χ1) is 11.9. The maximum absolute atomic E-state index is 2.30. The Kier molecular flexibility index (Phi) is 14.3. The van der Waals surface area contributed by atoms with Gasteiger partial charge in [-0.05, 0) is 18.4 Å². The normalized spacial score (nSPS) is 11.7. The molecule has 0 aromatic heterocycles. The standard InChI is InChI=1S/C24H38/c1-2-3-4-5-6-7-8-9-10-11-12-13-14-15-16-18-21-24-22-19-17-20-23-24/h15-23H,2-14H2,1H3. The van der Waals surface area contributed by atoms with Crippen LogP contribution >= 0.6 is 0 Å². The van der Waals surface area contributed by atoms with E-state index in [-0.39, 0.29) is 0 Å². The highest BCUT2D eigenvalue weighted by Gasteiger charge is 1.92. The van der Waals surface area contributed by atoms with E-state index < -0.39 is 0 Å². The van der Waals surface area contributed by atoms with Crippen molar-refractivity contribution < 1.29 is 0 Å². The van der Waals surface area contributed by atoms with Crippen LogP contribution in [0, 0.1) is 0 Å².